The van der Waals surface area contributed by atoms with Crippen molar-refractivity contribution in [2.45, 2.75) is 77.0 Å². The van der Waals surface area contributed by atoms with Crippen LogP contribution in [0.2, 0.25) is 0 Å². The van der Waals surface area contributed by atoms with Crippen molar-refractivity contribution in [1.29, 1.82) is 0 Å². The summed E-state index contributed by atoms with van der Waals surface area (Å²) in [4.78, 5) is 17.1. The van der Waals surface area contributed by atoms with Crippen molar-refractivity contribution in [1.82, 2.24) is 10.1 Å². The van der Waals surface area contributed by atoms with Crippen LogP contribution < -0.4 is 0 Å². The van der Waals surface area contributed by atoms with Gasteiger partial charge in [-0.2, -0.15) is 4.98 Å². The van der Waals surface area contributed by atoms with Crippen molar-refractivity contribution in [3.8, 4) is 0 Å². The lowest BCUT2D eigenvalue weighted by Gasteiger charge is -2.26. The average Bonchev–Trinajstić information content (AvgIpc) is 2.85. The minimum atomic E-state index is -0.731. The molecule has 0 radical (unpaired) electrons. The number of carbonyl (C=O) groups excluding carboxylic acids is 1. The standard InChI is InChI=1S/C16H26N2O3/c1-4-12(3)13-17-14(21-18-13)16(15(19)20-5-2)10-8-6-7-9-11-16/h12H,4-11H2,1-3H3. The van der Waals surface area contributed by atoms with Gasteiger partial charge in [-0.25, -0.2) is 0 Å². The predicted octanol–water partition coefficient (Wildman–Crippen LogP) is 3.74. The fourth-order valence-electron chi connectivity index (χ4n) is 2.92. The van der Waals surface area contributed by atoms with Crippen molar-refractivity contribution in [2.75, 3.05) is 6.61 Å². The smallest absolute Gasteiger partial charge is 0.321 e. The molecule has 1 saturated carbocycles. The van der Waals surface area contributed by atoms with E-state index in [1.165, 1.54) is 0 Å². The Morgan fingerprint density at radius 1 is 1.29 bits per heavy atom. The van der Waals surface area contributed by atoms with E-state index in [-0.39, 0.29) is 11.9 Å². The van der Waals surface area contributed by atoms with E-state index in [2.05, 4.69) is 24.0 Å². The number of carbonyl (C=O) groups is 1. The van der Waals surface area contributed by atoms with Crippen molar-refractivity contribution < 1.29 is 14.1 Å². The van der Waals surface area contributed by atoms with Gasteiger partial charge in [0.15, 0.2) is 5.82 Å². The third kappa shape index (κ3) is 3.27. The quantitative estimate of drug-likeness (QED) is 0.611. The Balaban J connectivity index is 2.34. The highest BCUT2D eigenvalue weighted by Crippen LogP contribution is 2.39. The van der Waals surface area contributed by atoms with Gasteiger partial charge in [-0.3, -0.25) is 4.79 Å². The Morgan fingerprint density at radius 3 is 2.52 bits per heavy atom. The highest BCUT2D eigenvalue weighted by atomic mass is 16.5. The molecular weight excluding hydrogens is 268 g/mol. The van der Waals surface area contributed by atoms with E-state index in [4.69, 9.17) is 9.26 Å². The van der Waals surface area contributed by atoms with Gasteiger partial charge in [0, 0.05) is 5.92 Å². The molecule has 5 heteroatoms. The van der Waals surface area contributed by atoms with Gasteiger partial charge in [0.05, 0.1) is 6.61 Å². The van der Waals surface area contributed by atoms with Crippen molar-refractivity contribution in [3.05, 3.63) is 11.7 Å². The molecule has 0 aromatic carbocycles. The summed E-state index contributed by atoms with van der Waals surface area (Å²) in [7, 11) is 0. The van der Waals surface area contributed by atoms with E-state index in [1.54, 1.807) is 0 Å². The lowest BCUT2D eigenvalue weighted by atomic mass is 9.80. The molecular formula is C16H26N2O3. The first-order valence-corrected chi connectivity index (χ1v) is 8.15. The van der Waals surface area contributed by atoms with Crippen molar-refractivity contribution >= 4 is 5.97 Å². The molecule has 0 saturated heterocycles. The summed E-state index contributed by atoms with van der Waals surface area (Å²) in [5.74, 6) is 1.19. The Bertz CT molecular complexity index is 462. The second-order valence-electron chi connectivity index (χ2n) is 5.98. The van der Waals surface area contributed by atoms with Gasteiger partial charge in [0.25, 0.3) is 0 Å². The molecule has 1 unspecified atom stereocenters. The van der Waals surface area contributed by atoms with E-state index in [0.29, 0.717) is 18.3 Å². The summed E-state index contributed by atoms with van der Waals surface area (Å²) in [6.07, 6.45) is 6.73. The van der Waals surface area contributed by atoms with Crippen LogP contribution in [-0.4, -0.2) is 22.7 Å². The van der Waals surface area contributed by atoms with Gasteiger partial charge in [-0.15, -0.1) is 0 Å². The van der Waals surface area contributed by atoms with Gasteiger partial charge in [-0.05, 0) is 26.2 Å². The number of esters is 1. The molecule has 0 aliphatic heterocycles. The zero-order chi connectivity index (χ0) is 15.3. The predicted molar refractivity (Wildman–Crippen MR) is 79.0 cm³/mol. The number of hydrogen-bond acceptors (Lipinski definition) is 5. The van der Waals surface area contributed by atoms with Crippen LogP contribution >= 0.6 is 0 Å². The Hall–Kier alpha value is -1.39. The topological polar surface area (TPSA) is 65.2 Å². The summed E-state index contributed by atoms with van der Waals surface area (Å²) < 4.78 is 10.8. The molecule has 5 nitrogen and oxygen atoms in total. The third-order valence-corrected chi connectivity index (χ3v) is 4.53. The van der Waals surface area contributed by atoms with Gasteiger partial charge in [-0.1, -0.05) is 44.7 Å². The molecule has 0 spiro atoms. The first kappa shape index (κ1) is 16.0. The number of nitrogens with zero attached hydrogens (tertiary/aromatic N) is 2. The zero-order valence-electron chi connectivity index (χ0n) is 13.4. The lowest BCUT2D eigenvalue weighted by molar-refractivity contribution is -0.152. The summed E-state index contributed by atoms with van der Waals surface area (Å²) in [5, 5.41) is 4.09. The van der Waals surface area contributed by atoms with E-state index in [1.807, 2.05) is 6.92 Å². The van der Waals surface area contributed by atoms with Gasteiger partial charge < -0.3 is 9.26 Å². The summed E-state index contributed by atoms with van der Waals surface area (Å²) >= 11 is 0. The molecule has 0 N–H and O–H groups in total. The molecule has 0 amide bonds. The molecule has 1 fully saturated rings. The maximum atomic E-state index is 12.6. The zero-order valence-corrected chi connectivity index (χ0v) is 13.4. The highest BCUT2D eigenvalue weighted by Gasteiger charge is 2.46. The molecule has 1 heterocycles. The fourth-order valence-corrected chi connectivity index (χ4v) is 2.92. The molecule has 21 heavy (non-hydrogen) atoms. The minimum Gasteiger partial charge on any atom is -0.465 e. The van der Waals surface area contributed by atoms with Crippen LogP contribution in [0.15, 0.2) is 4.52 Å². The Kier molecular flexibility index (Phi) is 5.37. The number of rotatable bonds is 5. The lowest BCUT2D eigenvalue weighted by Crippen LogP contribution is -2.37. The molecule has 1 aliphatic rings. The summed E-state index contributed by atoms with van der Waals surface area (Å²) in [5.41, 5.74) is -0.731. The van der Waals surface area contributed by atoms with Crippen molar-refractivity contribution in [3.63, 3.8) is 0 Å². The largest absolute Gasteiger partial charge is 0.465 e. The maximum absolute atomic E-state index is 12.6. The van der Waals surface area contributed by atoms with Crippen LogP contribution in [0.1, 0.15) is 83.3 Å². The minimum absolute atomic E-state index is 0.203. The second-order valence-corrected chi connectivity index (χ2v) is 5.98. The summed E-state index contributed by atoms with van der Waals surface area (Å²) in [6, 6.07) is 0. The maximum Gasteiger partial charge on any atom is 0.321 e. The molecule has 118 valence electrons. The molecule has 1 aromatic rings. The van der Waals surface area contributed by atoms with E-state index >= 15 is 0 Å². The van der Waals surface area contributed by atoms with Crippen LogP contribution in [0.5, 0.6) is 0 Å². The first-order valence-electron chi connectivity index (χ1n) is 8.15. The molecule has 2 rings (SSSR count). The first-order chi connectivity index (χ1) is 10.1. The normalized spacial score (nSPS) is 19.8. The van der Waals surface area contributed by atoms with Crippen LogP contribution in [-0.2, 0) is 14.9 Å². The average molecular weight is 294 g/mol. The molecule has 1 aromatic heterocycles. The fraction of sp³-hybridized carbons (Fsp3) is 0.812. The second kappa shape index (κ2) is 7.05. The van der Waals surface area contributed by atoms with E-state index in [9.17, 15) is 4.79 Å². The monoisotopic (exact) mass is 294 g/mol. The molecule has 1 atom stereocenters. The van der Waals surface area contributed by atoms with Crippen LogP contribution in [0.4, 0.5) is 0 Å². The van der Waals surface area contributed by atoms with Gasteiger partial charge in [0.1, 0.15) is 5.41 Å². The third-order valence-electron chi connectivity index (χ3n) is 4.53. The van der Waals surface area contributed by atoms with Gasteiger partial charge in [0.2, 0.25) is 5.89 Å². The number of hydrogen-bond donors (Lipinski definition) is 0. The number of ether oxygens (including phenoxy) is 1. The Morgan fingerprint density at radius 2 is 1.95 bits per heavy atom. The van der Waals surface area contributed by atoms with Crippen LogP contribution in [0, 0.1) is 0 Å². The van der Waals surface area contributed by atoms with E-state index in [0.717, 1.165) is 44.9 Å². The Labute approximate surface area is 126 Å². The SMILES string of the molecule is CCOC(=O)C1(c2nc(C(C)CC)no2)CCCCCC1. The highest BCUT2D eigenvalue weighted by molar-refractivity contribution is 5.81. The van der Waals surface area contributed by atoms with Crippen LogP contribution in [0.25, 0.3) is 0 Å². The van der Waals surface area contributed by atoms with Crippen molar-refractivity contribution in [2.24, 2.45) is 0 Å². The van der Waals surface area contributed by atoms with E-state index < -0.39 is 5.41 Å². The van der Waals surface area contributed by atoms with Crippen LogP contribution in [0.3, 0.4) is 0 Å². The molecule has 0 bridgehead atoms. The van der Waals surface area contributed by atoms with Gasteiger partial charge >= 0.3 is 5.97 Å². The number of aromatic nitrogens is 2. The molecule has 1 aliphatic carbocycles. The summed E-state index contributed by atoms with van der Waals surface area (Å²) in [6.45, 7) is 6.37.